The molecule has 0 saturated carbocycles. The second kappa shape index (κ2) is 3.85. The summed E-state index contributed by atoms with van der Waals surface area (Å²) in [6, 6.07) is 0. The van der Waals surface area contributed by atoms with E-state index >= 15 is 0 Å². The number of thioether (sulfide) groups is 1. The third-order valence-corrected chi connectivity index (χ3v) is 3.11. The lowest BCUT2D eigenvalue weighted by atomic mass is 10.2. The molecule has 0 radical (unpaired) electrons. The second-order valence-corrected chi connectivity index (χ2v) is 4.12. The third kappa shape index (κ3) is 1.94. The number of aromatic amines is 1. The molecule has 0 spiro atoms. The number of rotatable bonds is 2. The SMILES string of the molecule is c1n[nH]cc1OC1CCCCS1. The number of H-pyrrole nitrogens is 1. The fourth-order valence-corrected chi connectivity index (χ4v) is 2.41. The summed E-state index contributed by atoms with van der Waals surface area (Å²) in [5.74, 6) is 2.08. The molecular weight excluding hydrogens is 172 g/mol. The van der Waals surface area contributed by atoms with Gasteiger partial charge in [-0.1, -0.05) is 0 Å². The van der Waals surface area contributed by atoms with Gasteiger partial charge >= 0.3 is 0 Å². The van der Waals surface area contributed by atoms with E-state index in [4.69, 9.17) is 4.74 Å². The van der Waals surface area contributed by atoms with Crippen LogP contribution >= 0.6 is 11.8 Å². The summed E-state index contributed by atoms with van der Waals surface area (Å²) < 4.78 is 5.66. The molecule has 12 heavy (non-hydrogen) atoms. The Kier molecular flexibility index (Phi) is 2.56. The lowest BCUT2D eigenvalue weighted by Crippen LogP contribution is -2.16. The molecule has 1 aromatic heterocycles. The molecule has 1 aliphatic heterocycles. The zero-order valence-electron chi connectivity index (χ0n) is 6.82. The van der Waals surface area contributed by atoms with Crippen LogP contribution in [0.25, 0.3) is 0 Å². The molecule has 0 bridgehead atoms. The van der Waals surface area contributed by atoms with Crippen LogP contribution in [0.5, 0.6) is 5.75 Å². The normalized spacial score (nSPS) is 23.8. The van der Waals surface area contributed by atoms with Crippen LogP contribution < -0.4 is 4.74 Å². The van der Waals surface area contributed by atoms with Gasteiger partial charge in [-0.25, -0.2) is 0 Å². The monoisotopic (exact) mass is 184 g/mol. The zero-order valence-corrected chi connectivity index (χ0v) is 7.64. The highest BCUT2D eigenvalue weighted by Gasteiger charge is 2.15. The molecule has 2 rings (SSSR count). The molecule has 3 nitrogen and oxygen atoms in total. The van der Waals surface area contributed by atoms with Crippen molar-refractivity contribution in [2.45, 2.75) is 24.7 Å². The minimum Gasteiger partial charge on any atom is -0.477 e. The van der Waals surface area contributed by atoms with Crippen LogP contribution in [-0.2, 0) is 0 Å². The highest BCUT2D eigenvalue weighted by atomic mass is 32.2. The Labute approximate surface area is 75.9 Å². The van der Waals surface area contributed by atoms with E-state index in [0.29, 0.717) is 5.44 Å². The molecule has 1 aromatic rings. The third-order valence-electron chi connectivity index (χ3n) is 1.88. The van der Waals surface area contributed by atoms with Crippen molar-refractivity contribution in [3.8, 4) is 5.75 Å². The highest BCUT2D eigenvalue weighted by molar-refractivity contribution is 7.99. The topological polar surface area (TPSA) is 37.9 Å². The van der Waals surface area contributed by atoms with Crippen LogP contribution in [0, 0.1) is 0 Å². The molecule has 1 fully saturated rings. The van der Waals surface area contributed by atoms with Gasteiger partial charge in [0.1, 0.15) is 5.44 Å². The molecule has 1 atom stereocenters. The molecule has 1 aliphatic rings. The van der Waals surface area contributed by atoms with Gasteiger partial charge in [-0.15, -0.1) is 11.8 Å². The molecule has 2 heterocycles. The summed E-state index contributed by atoms with van der Waals surface area (Å²) in [5, 5.41) is 6.56. The standard InChI is InChI=1S/C8H12N2OS/c1-2-4-12-8(3-1)11-7-5-9-10-6-7/h5-6,8H,1-4H2,(H,9,10). The molecule has 66 valence electrons. The summed E-state index contributed by atoms with van der Waals surface area (Å²) in [6.45, 7) is 0. The lowest BCUT2D eigenvalue weighted by molar-refractivity contribution is 0.268. The van der Waals surface area contributed by atoms with Gasteiger partial charge in [-0.3, -0.25) is 5.10 Å². The summed E-state index contributed by atoms with van der Waals surface area (Å²) in [6.07, 6.45) is 7.28. The van der Waals surface area contributed by atoms with Crippen LogP contribution in [0.2, 0.25) is 0 Å². The van der Waals surface area contributed by atoms with Gasteiger partial charge in [-0.2, -0.15) is 5.10 Å². The number of ether oxygens (including phenoxy) is 1. The lowest BCUT2D eigenvalue weighted by Gasteiger charge is -2.21. The number of nitrogens with zero attached hydrogens (tertiary/aromatic N) is 1. The van der Waals surface area contributed by atoms with Crippen molar-refractivity contribution >= 4 is 11.8 Å². The average molecular weight is 184 g/mol. The van der Waals surface area contributed by atoms with E-state index in [1.165, 1.54) is 18.6 Å². The van der Waals surface area contributed by atoms with E-state index < -0.39 is 0 Å². The van der Waals surface area contributed by atoms with Crippen LogP contribution in [-0.4, -0.2) is 21.4 Å². The van der Waals surface area contributed by atoms with Gasteiger partial charge in [0.2, 0.25) is 0 Å². The van der Waals surface area contributed by atoms with Crippen molar-refractivity contribution in [2.75, 3.05) is 5.75 Å². The van der Waals surface area contributed by atoms with E-state index in [9.17, 15) is 0 Å². The predicted molar refractivity (Wildman–Crippen MR) is 49.3 cm³/mol. The Morgan fingerprint density at radius 3 is 3.25 bits per heavy atom. The number of hydrogen-bond donors (Lipinski definition) is 1. The predicted octanol–water partition coefficient (Wildman–Crippen LogP) is 2.03. The maximum absolute atomic E-state index is 5.66. The molecule has 0 amide bonds. The van der Waals surface area contributed by atoms with Gasteiger partial charge in [0.05, 0.1) is 12.4 Å². The largest absolute Gasteiger partial charge is 0.477 e. The van der Waals surface area contributed by atoms with E-state index in [1.54, 1.807) is 12.4 Å². The first-order chi connectivity index (χ1) is 5.95. The Morgan fingerprint density at radius 1 is 1.58 bits per heavy atom. The van der Waals surface area contributed by atoms with Crippen LogP contribution in [0.1, 0.15) is 19.3 Å². The number of aromatic nitrogens is 2. The Bertz CT molecular complexity index is 219. The van der Waals surface area contributed by atoms with E-state index in [1.807, 2.05) is 11.8 Å². The maximum atomic E-state index is 5.66. The molecule has 4 heteroatoms. The second-order valence-electron chi connectivity index (χ2n) is 2.85. The van der Waals surface area contributed by atoms with Gasteiger partial charge in [0, 0.05) is 0 Å². The summed E-state index contributed by atoms with van der Waals surface area (Å²) in [5.41, 5.74) is 0.344. The molecular formula is C8H12N2OS. The molecule has 1 N–H and O–H groups in total. The minimum absolute atomic E-state index is 0.344. The fourth-order valence-electron chi connectivity index (χ4n) is 1.26. The zero-order chi connectivity index (χ0) is 8.23. The first-order valence-electron chi connectivity index (χ1n) is 4.22. The quantitative estimate of drug-likeness (QED) is 0.764. The molecule has 0 aromatic carbocycles. The van der Waals surface area contributed by atoms with Gasteiger partial charge in [0.25, 0.3) is 0 Å². The summed E-state index contributed by atoms with van der Waals surface area (Å²) in [4.78, 5) is 0. The average Bonchev–Trinajstić information content (AvgIpc) is 2.59. The first kappa shape index (κ1) is 7.98. The highest BCUT2D eigenvalue weighted by Crippen LogP contribution is 2.27. The van der Waals surface area contributed by atoms with Crippen LogP contribution in [0.4, 0.5) is 0 Å². The molecule has 1 saturated heterocycles. The number of hydrogen-bond acceptors (Lipinski definition) is 3. The molecule has 1 unspecified atom stereocenters. The summed E-state index contributed by atoms with van der Waals surface area (Å²) >= 11 is 1.90. The Morgan fingerprint density at radius 2 is 2.58 bits per heavy atom. The van der Waals surface area contributed by atoms with Crippen molar-refractivity contribution in [1.29, 1.82) is 0 Å². The number of nitrogens with one attached hydrogen (secondary N) is 1. The maximum Gasteiger partial charge on any atom is 0.158 e. The van der Waals surface area contributed by atoms with Gasteiger partial charge in [0.15, 0.2) is 5.75 Å². The Hall–Kier alpha value is -0.640. The van der Waals surface area contributed by atoms with E-state index in [2.05, 4.69) is 10.2 Å². The van der Waals surface area contributed by atoms with Crippen molar-refractivity contribution in [3.63, 3.8) is 0 Å². The Balaban J connectivity index is 1.86. The van der Waals surface area contributed by atoms with Crippen LogP contribution in [0.15, 0.2) is 12.4 Å². The smallest absolute Gasteiger partial charge is 0.158 e. The first-order valence-corrected chi connectivity index (χ1v) is 5.27. The van der Waals surface area contributed by atoms with Gasteiger partial charge < -0.3 is 4.74 Å². The minimum atomic E-state index is 0.344. The van der Waals surface area contributed by atoms with Crippen molar-refractivity contribution in [3.05, 3.63) is 12.4 Å². The van der Waals surface area contributed by atoms with Crippen molar-refractivity contribution in [2.24, 2.45) is 0 Å². The van der Waals surface area contributed by atoms with E-state index in [-0.39, 0.29) is 0 Å². The molecule has 0 aliphatic carbocycles. The van der Waals surface area contributed by atoms with Crippen LogP contribution in [0.3, 0.4) is 0 Å². The van der Waals surface area contributed by atoms with Crippen molar-refractivity contribution in [1.82, 2.24) is 10.2 Å². The summed E-state index contributed by atoms with van der Waals surface area (Å²) in [7, 11) is 0. The fraction of sp³-hybridized carbons (Fsp3) is 0.625. The van der Waals surface area contributed by atoms with E-state index in [0.717, 1.165) is 12.2 Å². The van der Waals surface area contributed by atoms with Crippen molar-refractivity contribution < 1.29 is 4.74 Å². The van der Waals surface area contributed by atoms with Gasteiger partial charge in [-0.05, 0) is 25.0 Å².